The normalized spacial score (nSPS) is 15.3. The second kappa shape index (κ2) is 4.94. The molecule has 0 radical (unpaired) electrons. The zero-order valence-corrected chi connectivity index (χ0v) is 10.2. The van der Waals surface area contributed by atoms with Crippen LogP contribution in [0.2, 0.25) is 5.02 Å². The van der Waals surface area contributed by atoms with E-state index in [9.17, 15) is 14.0 Å². The molecule has 18 heavy (non-hydrogen) atoms. The molecule has 4 nitrogen and oxygen atoms in total. The fraction of sp³-hybridized carbons (Fsp3) is 0.333. The number of aliphatic carboxylic acids is 1. The number of hydrogen-bond acceptors (Lipinski definition) is 2. The predicted octanol–water partition coefficient (Wildman–Crippen LogP) is 2.03. The predicted molar refractivity (Wildman–Crippen MR) is 63.1 cm³/mol. The molecule has 1 fully saturated rings. The lowest BCUT2D eigenvalue weighted by atomic mass is 9.95. The Morgan fingerprint density at radius 2 is 2.11 bits per heavy atom. The van der Waals surface area contributed by atoms with E-state index >= 15 is 0 Å². The number of likely N-dealkylation sites (tertiary alicyclic amines) is 1. The first-order valence-corrected chi connectivity index (χ1v) is 5.81. The molecular formula is C12H11ClFNO3. The van der Waals surface area contributed by atoms with Crippen LogP contribution in [0.25, 0.3) is 0 Å². The Labute approximate surface area is 108 Å². The zero-order chi connectivity index (χ0) is 13.3. The topological polar surface area (TPSA) is 57.6 Å². The van der Waals surface area contributed by atoms with Crippen LogP contribution in [0.3, 0.4) is 0 Å². The first-order chi connectivity index (χ1) is 8.47. The summed E-state index contributed by atoms with van der Waals surface area (Å²) in [5.74, 6) is -2.01. The first-order valence-electron chi connectivity index (χ1n) is 5.43. The van der Waals surface area contributed by atoms with Gasteiger partial charge in [-0.15, -0.1) is 0 Å². The van der Waals surface area contributed by atoms with E-state index < -0.39 is 17.7 Å². The highest BCUT2D eigenvalue weighted by Gasteiger charge is 2.33. The third-order valence-electron chi connectivity index (χ3n) is 2.87. The van der Waals surface area contributed by atoms with E-state index in [-0.39, 0.29) is 22.9 Å². The summed E-state index contributed by atoms with van der Waals surface area (Å²) in [6.45, 7) is 0.709. The zero-order valence-electron chi connectivity index (χ0n) is 9.40. The van der Waals surface area contributed by atoms with Crippen LogP contribution in [-0.4, -0.2) is 35.0 Å². The van der Waals surface area contributed by atoms with Crippen LogP contribution < -0.4 is 0 Å². The van der Waals surface area contributed by atoms with Crippen molar-refractivity contribution in [1.29, 1.82) is 0 Å². The van der Waals surface area contributed by atoms with Crippen molar-refractivity contribution >= 4 is 23.5 Å². The van der Waals surface area contributed by atoms with Crippen LogP contribution in [0.5, 0.6) is 0 Å². The highest BCUT2D eigenvalue weighted by atomic mass is 35.5. The molecular weight excluding hydrogens is 261 g/mol. The van der Waals surface area contributed by atoms with Crippen molar-refractivity contribution < 1.29 is 19.1 Å². The number of carbonyl (C=O) groups is 2. The first kappa shape index (κ1) is 12.8. The average molecular weight is 272 g/mol. The fourth-order valence-electron chi connectivity index (χ4n) is 1.95. The summed E-state index contributed by atoms with van der Waals surface area (Å²) in [5.41, 5.74) is -0.0341. The third-order valence-corrected chi connectivity index (χ3v) is 3.10. The second-order valence-corrected chi connectivity index (χ2v) is 4.73. The molecule has 0 aliphatic carbocycles. The molecule has 96 valence electrons. The highest BCUT2D eigenvalue weighted by molar-refractivity contribution is 6.30. The molecule has 0 unspecified atom stereocenters. The largest absolute Gasteiger partial charge is 0.481 e. The summed E-state index contributed by atoms with van der Waals surface area (Å²) < 4.78 is 13.5. The molecule has 1 aromatic rings. The number of carboxylic acid groups (broad SMARTS) is 1. The Kier molecular flexibility index (Phi) is 3.52. The van der Waals surface area contributed by atoms with Gasteiger partial charge in [0.25, 0.3) is 5.91 Å². The van der Waals surface area contributed by atoms with Crippen molar-refractivity contribution in [3.05, 3.63) is 34.6 Å². The standard InChI is InChI=1S/C12H11ClFNO3/c13-8-1-2-9(10(14)4-8)12(18)15-5-7(6-15)3-11(16)17/h1-2,4,7H,3,5-6H2,(H,16,17). The Morgan fingerprint density at radius 3 is 2.67 bits per heavy atom. The summed E-state index contributed by atoms with van der Waals surface area (Å²) >= 11 is 5.60. The molecule has 6 heteroatoms. The summed E-state index contributed by atoms with van der Waals surface area (Å²) in [6, 6.07) is 3.88. The minimum atomic E-state index is -0.884. The maximum Gasteiger partial charge on any atom is 0.303 e. The van der Waals surface area contributed by atoms with E-state index in [0.29, 0.717) is 13.1 Å². The van der Waals surface area contributed by atoms with Crippen molar-refractivity contribution in [1.82, 2.24) is 4.90 Å². The van der Waals surface area contributed by atoms with E-state index in [1.165, 1.54) is 17.0 Å². The molecule has 1 aromatic carbocycles. The molecule has 1 saturated heterocycles. The lowest BCUT2D eigenvalue weighted by Gasteiger charge is -2.38. The van der Waals surface area contributed by atoms with Crippen molar-refractivity contribution in [3.63, 3.8) is 0 Å². The van der Waals surface area contributed by atoms with Gasteiger partial charge in [0.05, 0.1) is 12.0 Å². The molecule has 1 amide bonds. The maximum atomic E-state index is 13.5. The second-order valence-electron chi connectivity index (χ2n) is 4.30. The Balaban J connectivity index is 1.99. The van der Waals surface area contributed by atoms with Gasteiger partial charge in [-0.25, -0.2) is 4.39 Å². The summed E-state index contributed by atoms with van der Waals surface area (Å²) in [6.07, 6.45) is 0.0346. The number of carboxylic acids is 1. The van der Waals surface area contributed by atoms with Gasteiger partial charge in [0.2, 0.25) is 0 Å². The van der Waals surface area contributed by atoms with Crippen LogP contribution in [-0.2, 0) is 4.79 Å². The van der Waals surface area contributed by atoms with E-state index in [2.05, 4.69) is 0 Å². The number of hydrogen-bond donors (Lipinski definition) is 1. The van der Waals surface area contributed by atoms with Crippen LogP contribution in [0.1, 0.15) is 16.8 Å². The van der Waals surface area contributed by atoms with Gasteiger partial charge in [0.1, 0.15) is 5.82 Å². The summed E-state index contributed by atoms with van der Waals surface area (Å²) in [7, 11) is 0. The number of carbonyl (C=O) groups excluding carboxylic acids is 1. The van der Waals surface area contributed by atoms with Gasteiger partial charge in [0.15, 0.2) is 0 Å². The van der Waals surface area contributed by atoms with Gasteiger partial charge in [-0.05, 0) is 18.2 Å². The third kappa shape index (κ3) is 2.61. The minimum absolute atomic E-state index is 0.0341. The maximum absolute atomic E-state index is 13.5. The highest BCUT2D eigenvalue weighted by Crippen LogP contribution is 2.23. The van der Waals surface area contributed by atoms with Crippen LogP contribution in [0, 0.1) is 11.7 Å². The molecule has 1 N–H and O–H groups in total. The Bertz CT molecular complexity index is 500. The monoisotopic (exact) mass is 271 g/mol. The summed E-state index contributed by atoms with van der Waals surface area (Å²) in [4.78, 5) is 23.8. The molecule has 0 bridgehead atoms. The van der Waals surface area contributed by atoms with Crippen molar-refractivity contribution in [2.24, 2.45) is 5.92 Å². The average Bonchev–Trinajstić information content (AvgIpc) is 2.21. The van der Waals surface area contributed by atoms with E-state index in [1.807, 2.05) is 0 Å². The minimum Gasteiger partial charge on any atom is -0.481 e. The molecule has 0 saturated carbocycles. The van der Waals surface area contributed by atoms with Gasteiger partial charge >= 0.3 is 5.97 Å². The number of benzene rings is 1. The van der Waals surface area contributed by atoms with E-state index in [1.54, 1.807) is 0 Å². The SMILES string of the molecule is O=C(O)CC1CN(C(=O)c2ccc(Cl)cc2F)C1. The Hall–Kier alpha value is -1.62. The lowest BCUT2D eigenvalue weighted by molar-refractivity contribution is -0.139. The molecule has 1 heterocycles. The summed E-state index contributed by atoms with van der Waals surface area (Å²) in [5, 5.41) is 8.82. The number of nitrogens with zero attached hydrogens (tertiary/aromatic N) is 1. The smallest absolute Gasteiger partial charge is 0.303 e. The van der Waals surface area contributed by atoms with Gasteiger partial charge < -0.3 is 10.0 Å². The van der Waals surface area contributed by atoms with E-state index in [4.69, 9.17) is 16.7 Å². The van der Waals surface area contributed by atoms with Gasteiger partial charge in [-0.3, -0.25) is 9.59 Å². The number of rotatable bonds is 3. The molecule has 0 spiro atoms. The molecule has 2 rings (SSSR count). The van der Waals surface area contributed by atoms with Crippen molar-refractivity contribution in [2.75, 3.05) is 13.1 Å². The fourth-order valence-corrected chi connectivity index (χ4v) is 2.10. The molecule has 0 aromatic heterocycles. The van der Waals surface area contributed by atoms with Gasteiger partial charge in [-0.1, -0.05) is 11.6 Å². The van der Waals surface area contributed by atoms with Crippen molar-refractivity contribution in [2.45, 2.75) is 6.42 Å². The Morgan fingerprint density at radius 1 is 1.44 bits per heavy atom. The van der Waals surface area contributed by atoms with Crippen molar-refractivity contribution in [3.8, 4) is 0 Å². The molecule has 1 aliphatic rings. The lowest BCUT2D eigenvalue weighted by Crippen LogP contribution is -2.50. The van der Waals surface area contributed by atoms with Gasteiger partial charge in [0, 0.05) is 24.0 Å². The van der Waals surface area contributed by atoms with Crippen LogP contribution in [0.15, 0.2) is 18.2 Å². The number of halogens is 2. The van der Waals surface area contributed by atoms with Gasteiger partial charge in [-0.2, -0.15) is 0 Å². The number of amides is 1. The quantitative estimate of drug-likeness (QED) is 0.915. The van der Waals surface area contributed by atoms with E-state index in [0.717, 1.165) is 6.07 Å². The van der Waals surface area contributed by atoms with Crippen LogP contribution in [0.4, 0.5) is 4.39 Å². The molecule has 1 aliphatic heterocycles. The molecule has 0 atom stereocenters. The van der Waals surface area contributed by atoms with Crippen LogP contribution >= 0.6 is 11.6 Å².